The number of rotatable bonds is 4. The summed E-state index contributed by atoms with van der Waals surface area (Å²) in [5.74, 6) is 0.211. The van der Waals surface area contributed by atoms with Crippen molar-refractivity contribution < 1.29 is 18.9 Å². The molecule has 30 heavy (non-hydrogen) atoms. The molecule has 1 saturated heterocycles. The van der Waals surface area contributed by atoms with Crippen molar-refractivity contribution in [3.05, 3.63) is 84.9 Å². The second-order valence-electron chi connectivity index (χ2n) is 6.10. The Morgan fingerprint density at radius 2 is 1.87 bits per heavy atom. The largest absolute Gasteiger partial charge is 0.457 e. The Morgan fingerprint density at radius 3 is 2.57 bits per heavy atom. The van der Waals surface area contributed by atoms with E-state index in [0.717, 1.165) is 16.7 Å². The molecule has 0 radical (unpaired) electrons. The van der Waals surface area contributed by atoms with Gasteiger partial charge in [-0.15, -0.1) is 0 Å². The summed E-state index contributed by atoms with van der Waals surface area (Å²) in [5.41, 5.74) is 0.701. The lowest BCUT2D eigenvalue weighted by atomic mass is 10.1. The molecule has 7 nitrogen and oxygen atoms in total. The third kappa shape index (κ3) is 3.79. The lowest BCUT2D eigenvalue weighted by Crippen LogP contribution is -2.27. The molecule has 0 N–H and O–H groups in total. The number of thioether (sulfide) groups is 1. The van der Waals surface area contributed by atoms with Gasteiger partial charge in [0.2, 0.25) is 0 Å². The smallest absolute Gasteiger partial charge is 0.298 e. The Bertz CT molecular complexity index is 1230. The quantitative estimate of drug-likeness (QED) is 0.228. The Kier molecular flexibility index (Phi) is 5.50. The van der Waals surface area contributed by atoms with E-state index in [9.17, 15) is 19.7 Å². The molecule has 3 aromatic rings. The van der Waals surface area contributed by atoms with Crippen molar-refractivity contribution in [1.82, 2.24) is 0 Å². The highest BCUT2D eigenvalue weighted by molar-refractivity contribution is 9.10. The number of hydrogen-bond acceptors (Lipinski definition) is 6. The molecule has 1 fully saturated rings. The van der Waals surface area contributed by atoms with Gasteiger partial charge in [0.05, 0.1) is 20.5 Å². The summed E-state index contributed by atoms with van der Waals surface area (Å²) in [7, 11) is 0. The van der Waals surface area contributed by atoms with Crippen LogP contribution >= 0.6 is 39.3 Å². The molecule has 0 bridgehead atoms. The molecule has 1 aromatic heterocycles. The standard InChI is InChI=1S/C20H10BrClN2O5S/c21-18-14(22)8-11(9-15(18)24(27)28)16-7-6-13(29-16)10-17-19(25)23(20(26)30-17)12-4-2-1-3-5-12/h1-10H/b17-10-. The molecule has 1 aliphatic heterocycles. The highest BCUT2D eigenvalue weighted by Gasteiger charge is 2.36. The van der Waals surface area contributed by atoms with Crippen molar-refractivity contribution >= 4 is 67.9 Å². The van der Waals surface area contributed by atoms with Crippen molar-refractivity contribution in [3.8, 4) is 11.3 Å². The first-order valence-corrected chi connectivity index (χ1v) is 10.4. The summed E-state index contributed by atoms with van der Waals surface area (Å²) >= 11 is 9.98. The summed E-state index contributed by atoms with van der Waals surface area (Å²) in [5, 5.41) is 11.0. The molecule has 4 rings (SSSR count). The number of carbonyl (C=O) groups is 2. The maximum absolute atomic E-state index is 12.7. The molecule has 0 atom stereocenters. The van der Waals surface area contributed by atoms with Crippen LogP contribution in [0.1, 0.15) is 5.76 Å². The third-order valence-corrected chi connectivity index (χ3v) is 6.43. The molecule has 1 aliphatic rings. The predicted molar refractivity (Wildman–Crippen MR) is 118 cm³/mol. The van der Waals surface area contributed by atoms with Crippen LogP contribution in [0.3, 0.4) is 0 Å². The SMILES string of the molecule is O=C1S/C(=C\c2ccc(-c3cc(Cl)c(Br)c([N+](=O)[O-])c3)o2)C(=O)N1c1ccccc1. The van der Waals surface area contributed by atoms with E-state index in [2.05, 4.69) is 15.9 Å². The van der Waals surface area contributed by atoms with Gasteiger partial charge in [-0.05, 0) is 58.0 Å². The minimum atomic E-state index is -0.553. The normalized spacial score (nSPS) is 15.3. The van der Waals surface area contributed by atoms with Crippen LogP contribution in [0.2, 0.25) is 5.02 Å². The number of benzene rings is 2. The van der Waals surface area contributed by atoms with E-state index in [1.807, 2.05) is 0 Å². The highest BCUT2D eigenvalue weighted by Crippen LogP contribution is 2.39. The number of anilines is 1. The number of carbonyl (C=O) groups excluding carboxylic acids is 2. The topological polar surface area (TPSA) is 93.7 Å². The Labute approximate surface area is 187 Å². The van der Waals surface area contributed by atoms with Gasteiger partial charge in [-0.3, -0.25) is 19.7 Å². The van der Waals surface area contributed by atoms with Crippen molar-refractivity contribution in [2.24, 2.45) is 0 Å². The fourth-order valence-electron chi connectivity index (χ4n) is 2.83. The van der Waals surface area contributed by atoms with E-state index >= 15 is 0 Å². The van der Waals surface area contributed by atoms with Crippen LogP contribution < -0.4 is 4.90 Å². The van der Waals surface area contributed by atoms with E-state index in [-0.39, 0.29) is 20.1 Å². The zero-order valence-corrected chi connectivity index (χ0v) is 18.0. The average molecular weight is 506 g/mol. The molecular weight excluding hydrogens is 496 g/mol. The van der Waals surface area contributed by atoms with Gasteiger partial charge in [-0.2, -0.15) is 0 Å². The fraction of sp³-hybridized carbons (Fsp3) is 0. The predicted octanol–water partition coefficient (Wildman–Crippen LogP) is 6.51. The van der Waals surface area contributed by atoms with Crippen molar-refractivity contribution in [2.45, 2.75) is 0 Å². The summed E-state index contributed by atoms with van der Waals surface area (Å²) in [6.07, 6.45) is 1.46. The molecule has 0 saturated carbocycles. The lowest BCUT2D eigenvalue weighted by Gasteiger charge is -2.11. The van der Waals surface area contributed by atoms with Crippen molar-refractivity contribution in [2.75, 3.05) is 4.90 Å². The number of halogens is 2. The minimum absolute atomic E-state index is 0.168. The maximum atomic E-state index is 12.7. The number of imide groups is 1. The van der Waals surface area contributed by atoms with E-state index < -0.39 is 16.1 Å². The van der Waals surface area contributed by atoms with Gasteiger partial charge >= 0.3 is 0 Å². The molecule has 0 unspecified atom stereocenters. The Balaban J connectivity index is 1.64. The number of nitrogens with zero attached hydrogens (tertiary/aromatic N) is 2. The van der Waals surface area contributed by atoms with E-state index in [1.54, 1.807) is 42.5 Å². The number of para-hydroxylation sites is 1. The van der Waals surface area contributed by atoms with E-state index in [4.69, 9.17) is 16.0 Å². The van der Waals surface area contributed by atoms with Crippen LogP contribution in [0.15, 0.2) is 68.4 Å². The van der Waals surface area contributed by atoms with Crippen molar-refractivity contribution in [3.63, 3.8) is 0 Å². The molecule has 2 amide bonds. The highest BCUT2D eigenvalue weighted by atomic mass is 79.9. The number of nitro benzene ring substituents is 1. The Morgan fingerprint density at radius 1 is 1.13 bits per heavy atom. The first kappa shape index (κ1) is 20.4. The van der Waals surface area contributed by atoms with Crippen LogP contribution in [-0.2, 0) is 4.79 Å². The number of amides is 2. The fourth-order valence-corrected chi connectivity index (χ4v) is 4.24. The van der Waals surface area contributed by atoms with Crippen LogP contribution in [0.4, 0.5) is 16.2 Å². The molecular formula is C20H10BrClN2O5S. The maximum Gasteiger partial charge on any atom is 0.298 e. The Hall–Kier alpha value is -2.88. The van der Waals surface area contributed by atoms with Crippen molar-refractivity contribution in [1.29, 1.82) is 0 Å². The lowest BCUT2D eigenvalue weighted by molar-refractivity contribution is -0.385. The van der Waals surface area contributed by atoms with E-state index in [1.165, 1.54) is 18.2 Å². The van der Waals surface area contributed by atoms with Crippen LogP contribution in [0.25, 0.3) is 17.4 Å². The van der Waals surface area contributed by atoms with Gasteiger partial charge in [0.1, 0.15) is 16.0 Å². The molecule has 0 spiro atoms. The zero-order valence-electron chi connectivity index (χ0n) is 14.9. The number of nitro groups is 1. The third-order valence-electron chi connectivity index (χ3n) is 4.20. The summed E-state index contributed by atoms with van der Waals surface area (Å²) in [4.78, 5) is 36.9. The van der Waals surface area contributed by atoms with Gasteiger partial charge < -0.3 is 4.42 Å². The molecule has 10 heteroatoms. The second-order valence-corrected chi connectivity index (χ2v) is 8.30. The summed E-state index contributed by atoms with van der Waals surface area (Å²) in [6.45, 7) is 0. The van der Waals surface area contributed by atoms with Gasteiger partial charge in [0, 0.05) is 17.7 Å². The monoisotopic (exact) mass is 504 g/mol. The average Bonchev–Trinajstić information content (AvgIpc) is 3.29. The first-order chi connectivity index (χ1) is 14.3. The zero-order chi connectivity index (χ0) is 21.4. The summed E-state index contributed by atoms with van der Waals surface area (Å²) < 4.78 is 5.90. The molecule has 2 aromatic carbocycles. The number of hydrogen-bond donors (Lipinski definition) is 0. The molecule has 2 heterocycles. The van der Waals surface area contributed by atoms with Gasteiger partial charge in [0.15, 0.2) is 0 Å². The second kappa shape index (κ2) is 8.10. The first-order valence-electron chi connectivity index (χ1n) is 8.42. The van der Waals surface area contributed by atoms with Gasteiger partial charge in [-0.1, -0.05) is 29.8 Å². The van der Waals surface area contributed by atoms with E-state index in [0.29, 0.717) is 22.8 Å². The van der Waals surface area contributed by atoms with Gasteiger partial charge in [-0.25, -0.2) is 4.90 Å². The number of furan rings is 1. The summed E-state index contributed by atoms with van der Waals surface area (Å²) in [6, 6.07) is 14.7. The van der Waals surface area contributed by atoms with Crippen LogP contribution in [-0.4, -0.2) is 16.1 Å². The molecule has 0 aliphatic carbocycles. The van der Waals surface area contributed by atoms with Gasteiger partial charge in [0.25, 0.3) is 16.8 Å². The minimum Gasteiger partial charge on any atom is -0.457 e. The van der Waals surface area contributed by atoms with Crippen LogP contribution in [0, 0.1) is 10.1 Å². The van der Waals surface area contributed by atoms with Crippen LogP contribution in [0.5, 0.6) is 0 Å². The molecule has 150 valence electrons.